The Morgan fingerprint density at radius 1 is 1.52 bits per heavy atom. The molecule has 1 N–H and O–H groups in total. The number of nitrogens with zero attached hydrogens (tertiary/aromatic N) is 1. The quantitative estimate of drug-likeness (QED) is 0.785. The van der Waals surface area contributed by atoms with E-state index in [1.165, 1.54) is 0 Å². The SMILES string of the molecule is CCOC(=O)C1CNCCN1CCOc1cccc(Br)c1. The highest BCUT2D eigenvalue weighted by molar-refractivity contribution is 9.10. The number of benzene rings is 1. The van der Waals surface area contributed by atoms with Gasteiger partial charge in [-0.05, 0) is 25.1 Å². The molecular formula is C15H21BrN2O3. The summed E-state index contributed by atoms with van der Waals surface area (Å²) in [5.74, 6) is 0.666. The van der Waals surface area contributed by atoms with Gasteiger partial charge in [-0.15, -0.1) is 0 Å². The highest BCUT2D eigenvalue weighted by atomic mass is 79.9. The first-order valence-corrected chi connectivity index (χ1v) is 7.99. The fourth-order valence-electron chi connectivity index (χ4n) is 2.32. The summed E-state index contributed by atoms with van der Waals surface area (Å²) >= 11 is 3.42. The van der Waals surface area contributed by atoms with Crippen molar-refractivity contribution in [1.82, 2.24) is 10.2 Å². The topological polar surface area (TPSA) is 50.8 Å². The smallest absolute Gasteiger partial charge is 0.324 e. The first-order valence-electron chi connectivity index (χ1n) is 7.20. The van der Waals surface area contributed by atoms with Crippen LogP contribution in [0.4, 0.5) is 0 Å². The van der Waals surface area contributed by atoms with Crippen LogP contribution in [0.3, 0.4) is 0 Å². The minimum atomic E-state index is -0.218. The zero-order valence-corrected chi connectivity index (χ0v) is 13.8. The van der Waals surface area contributed by atoms with E-state index in [-0.39, 0.29) is 12.0 Å². The average molecular weight is 357 g/mol. The number of ether oxygens (including phenoxy) is 2. The second-order valence-corrected chi connectivity index (χ2v) is 5.73. The molecule has 1 aromatic carbocycles. The minimum absolute atomic E-state index is 0.160. The van der Waals surface area contributed by atoms with E-state index >= 15 is 0 Å². The summed E-state index contributed by atoms with van der Waals surface area (Å²) < 4.78 is 11.8. The maximum absolute atomic E-state index is 11.9. The predicted molar refractivity (Wildman–Crippen MR) is 84.5 cm³/mol. The van der Waals surface area contributed by atoms with Gasteiger partial charge in [-0.1, -0.05) is 22.0 Å². The van der Waals surface area contributed by atoms with Gasteiger partial charge in [0, 0.05) is 30.7 Å². The Hall–Kier alpha value is -1.11. The van der Waals surface area contributed by atoms with Gasteiger partial charge >= 0.3 is 5.97 Å². The molecule has 1 aliphatic rings. The molecule has 2 rings (SSSR count). The maximum Gasteiger partial charge on any atom is 0.324 e. The average Bonchev–Trinajstić information content (AvgIpc) is 2.48. The Bertz CT molecular complexity index is 470. The number of halogens is 1. The van der Waals surface area contributed by atoms with E-state index < -0.39 is 0 Å². The van der Waals surface area contributed by atoms with E-state index in [0.29, 0.717) is 26.3 Å². The van der Waals surface area contributed by atoms with Gasteiger partial charge in [-0.25, -0.2) is 0 Å². The third-order valence-corrected chi connectivity index (χ3v) is 3.85. The van der Waals surface area contributed by atoms with Crippen molar-refractivity contribution in [2.45, 2.75) is 13.0 Å². The molecule has 1 saturated heterocycles. The maximum atomic E-state index is 11.9. The van der Waals surface area contributed by atoms with Crippen molar-refractivity contribution in [3.05, 3.63) is 28.7 Å². The Kier molecular flexibility index (Phi) is 6.48. The predicted octanol–water partition coefficient (Wildman–Crippen LogP) is 1.66. The van der Waals surface area contributed by atoms with Crippen molar-refractivity contribution in [2.75, 3.05) is 39.4 Å². The molecule has 1 aliphatic heterocycles. The van der Waals surface area contributed by atoms with Crippen molar-refractivity contribution in [1.29, 1.82) is 0 Å². The minimum Gasteiger partial charge on any atom is -0.492 e. The molecule has 1 aromatic rings. The first kappa shape index (κ1) is 16.3. The Morgan fingerprint density at radius 2 is 2.38 bits per heavy atom. The molecule has 0 saturated carbocycles. The third-order valence-electron chi connectivity index (χ3n) is 3.36. The zero-order chi connectivity index (χ0) is 15.1. The fraction of sp³-hybridized carbons (Fsp3) is 0.533. The van der Waals surface area contributed by atoms with Crippen LogP contribution in [-0.4, -0.2) is 56.3 Å². The van der Waals surface area contributed by atoms with E-state index in [4.69, 9.17) is 9.47 Å². The third kappa shape index (κ3) is 4.98. The van der Waals surface area contributed by atoms with Gasteiger partial charge in [-0.2, -0.15) is 0 Å². The van der Waals surface area contributed by atoms with Crippen LogP contribution < -0.4 is 10.1 Å². The van der Waals surface area contributed by atoms with Crippen molar-refractivity contribution in [3.63, 3.8) is 0 Å². The lowest BCUT2D eigenvalue weighted by molar-refractivity contribution is -0.150. The highest BCUT2D eigenvalue weighted by Crippen LogP contribution is 2.17. The van der Waals surface area contributed by atoms with E-state index in [1.54, 1.807) is 0 Å². The molecule has 0 bridgehead atoms. The second kappa shape index (κ2) is 8.36. The number of hydrogen-bond donors (Lipinski definition) is 1. The van der Waals surface area contributed by atoms with E-state index in [2.05, 4.69) is 26.1 Å². The molecule has 0 aromatic heterocycles. The summed E-state index contributed by atoms with van der Waals surface area (Å²) in [6, 6.07) is 7.53. The number of piperazine rings is 1. The van der Waals surface area contributed by atoms with E-state index in [0.717, 1.165) is 23.3 Å². The Labute approximate surface area is 133 Å². The molecule has 1 fully saturated rings. The number of carbonyl (C=O) groups excluding carboxylic acids is 1. The van der Waals surface area contributed by atoms with Gasteiger partial charge in [0.2, 0.25) is 0 Å². The van der Waals surface area contributed by atoms with Crippen molar-refractivity contribution in [3.8, 4) is 5.75 Å². The summed E-state index contributed by atoms with van der Waals surface area (Å²) in [6.07, 6.45) is 0. The largest absolute Gasteiger partial charge is 0.492 e. The van der Waals surface area contributed by atoms with Crippen LogP contribution in [0.25, 0.3) is 0 Å². The van der Waals surface area contributed by atoms with Gasteiger partial charge < -0.3 is 14.8 Å². The molecule has 0 amide bonds. The van der Waals surface area contributed by atoms with Crippen LogP contribution in [0.1, 0.15) is 6.92 Å². The molecule has 1 atom stereocenters. The fourth-order valence-corrected chi connectivity index (χ4v) is 2.70. The molecule has 5 nitrogen and oxygen atoms in total. The van der Waals surface area contributed by atoms with Crippen LogP contribution in [0.2, 0.25) is 0 Å². The lowest BCUT2D eigenvalue weighted by atomic mass is 10.2. The van der Waals surface area contributed by atoms with Gasteiger partial charge in [0.05, 0.1) is 6.61 Å². The van der Waals surface area contributed by atoms with Crippen molar-refractivity contribution < 1.29 is 14.3 Å². The first-order chi connectivity index (χ1) is 10.2. The summed E-state index contributed by atoms with van der Waals surface area (Å²) in [5, 5.41) is 3.23. The number of rotatable bonds is 6. The van der Waals surface area contributed by atoms with Gasteiger partial charge in [0.15, 0.2) is 0 Å². The standard InChI is InChI=1S/C15H21BrN2O3/c1-2-20-15(19)14-11-17-6-7-18(14)8-9-21-13-5-3-4-12(16)10-13/h3-5,10,14,17H,2,6-9,11H2,1H3. The van der Waals surface area contributed by atoms with E-state index in [9.17, 15) is 4.79 Å². The molecule has 0 radical (unpaired) electrons. The zero-order valence-electron chi connectivity index (χ0n) is 12.2. The van der Waals surface area contributed by atoms with Crippen LogP contribution >= 0.6 is 15.9 Å². The highest BCUT2D eigenvalue weighted by Gasteiger charge is 2.29. The van der Waals surface area contributed by atoms with Gasteiger partial charge in [0.1, 0.15) is 18.4 Å². The summed E-state index contributed by atoms with van der Waals surface area (Å²) in [5.41, 5.74) is 0. The van der Waals surface area contributed by atoms with Crippen LogP contribution in [0.5, 0.6) is 5.75 Å². The number of carbonyl (C=O) groups is 1. The molecule has 1 heterocycles. The van der Waals surface area contributed by atoms with Crippen LogP contribution in [-0.2, 0) is 9.53 Å². The van der Waals surface area contributed by atoms with Crippen molar-refractivity contribution in [2.24, 2.45) is 0 Å². The monoisotopic (exact) mass is 356 g/mol. The second-order valence-electron chi connectivity index (χ2n) is 4.81. The number of esters is 1. The van der Waals surface area contributed by atoms with Gasteiger partial charge in [-0.3, -0.25) is 9.69 Å². The molecule has 21 heavy (non-hydrogen) atoms. The number of nitrogens with one attached hydrogen (secondary N) is 1. The van der Waals surface area contributed by atoms with Crippen LogP contribution in [0.15, 0.2) is 28.7 Å². The van der Waals surface area contributed by atoms with Crippen molar-refractivity contribution >= 4 is 21.9 Å². The Morgan fingerprint density at radius 3 is 3.14 bits per heavy atom. The van der Waals surface area contributed by atoms with Crippen LogP contribution in [0, 0.1) is 0 Å². The van der Waals surface area contributed by atoms with Gasteiger partial charge in [0.25, 0.3) is 0 Å². The Balaban J connectivity index is 1.83. The molecular weight excluding hydrogens is 336 g/mol. The molecule has 1 unspecified atom stereocenters. The van der Waals surface area contributed by atoms with E-state index in [1.807, 2.05) is 31.2 Å². The molecule has 0 aliphatic carbocycles. The summed E-state index contributed by atoms with van der Waals surface area (Å²) in [4.78, 5) is 14.1. The molecule has 6 heteroatoms. The molecule has 116 valence electrons. The normalized spacial score (nSPS) is 19.2. The lowest BCUT2D eigenvalue weighted by Gasteiger charge is -2.34. The molecule has 0 spiro atoms. The summed E-state index contributed by atoms with van der Waals surface area (Å²) in [7, 11) is 0. The number of hydrogen-bond acceptors (Lipinski definition) is 5. The summed E-state index contributed by atoms with van der Waals surface area (Å²) in [6.45, 7) is 5.84. The lowest BCUT2D eigenvalue weighted by Crippen LogP contribution is -2.56.